The zero-order chi connectivity index (χ0) is 15.7. The van der Waals surface area contributed by atoms with E-state index in [2.05, 4.69) is 43.1 Å². The van der Waals surface area contributed by atoms with E-state index in [9.17, 15) is 5.11 Å². The van der Waals surface area contributed by atoms with Crippen LogP contribution in [0.3, 0.4) is 0 Å². The third-order valence-corrected chi connectivity index (χ3v) is 4.46. The molecule has 2 N–H and O–H groups in total. The van der Waals surface area contributed by atoms with Crippen LogP contribution < -0.4 is 5.32 Å². The Hall–Kier alpha value is -0.160. The van der Waals surface area contributed by atoms with E-state index in [4.69, 9.17) is 0 Å². The molecule has 1 saturated carbocycles. The summed E-state index contributed by atoms with van der Waals surface area (Å²) in [5.74, 6) is 0. The molecular weight excluding hydrogens is 262 g/mol. The van der Waals surface area contributed by atoms with E-state index in [0.717, 1.165) is 13.0 Å². The molecule has 4 heteroatoms. The number of aliphatic hydroxyl groups is 1. The molecule has 1 aliphatic carbocycles. The van der Waals surface area contributed by atoms with Crippen molar-refractivity contribution in [1.29, 1.82) is 0 Å². The predicted octanol–water partition coefficient (Wildman–Crippen LogP) is 1.93. The summed E-state index contributed by atoms with van der Waals surface area (Å²) < 4.78 is 0. The van der Waals surface area contributed by atoms with Crippen molar-refractivity contribution in [3.63, 3.8) is 0 Å². The summed E-state index contributed by atoms with van der Waals surface area (Å²) in [6, 6.07) is 0.667. The van der Waals surface area contributed by atoms with Crippen LogP contribution >= 0.6 is 0 Å². The van der Waals surface area contributed by atoms with Crippen LogP contribution in [0.4, 0.5) is 0 Å². The molecule has 4 nitrogen and oxygen atoms in total. The summed E-state index contributed by atoms with van der Waals surface area (Å²) in [5, 5.41) is 13.2. The van der Waals surface area contributed by atoms with Gasteiger partial charge in [-0.2, -0.15) is 0 Å². The van der Waals surface area contributed by atoms with E-state index < -0.39 is 0 Å². The Morgan fingerprint density at radius 1 is 1.10 bits per heavy atom. The van der Waals surface area contributed by atoms with Crippen LogP contribution in [0, 0.1) is 0 Å². The van der Waals surface area contributed by atoms with Gasteiger partial charge in [-0.15, -0.1) is 0 Å². The second-order valence-electron chi connectivity index (χ2n) is 7.19. The highest BCUT2D eigenvalue weighted by atomic mass is 16.3. The average molecular weight is 300 g/mol. The number of unbranched alkanes of at least 4 members (excludes halogenated alkanes) is 1. The highest BCUT2D eigenvalue weighted by Gasteiger charge is 2.31. The van der Waals surface area contributed by atoms with Gasteiger partial charge in [0.15, 0.2) is 0 Å². The molecule has 0 aliphatic heterocycles. The van der Waals surface area contributed by atoms with Gasteiger partial charge in [0.2, 0.25) is 0 Å². The fourth-order valence-corrected chi connectivity index (χ4v) is 2.81. The smallest absolute Gasteiger partial charge is 0.0610 e. The Morgan fingerprint density at radius 2 is 1.76 bits per heavy atom. The lowest BCUT2D eigenvalue weighted by Crippen LogP contribution is -2.47. The first-order chi connectivity index (χ1) is 9.99. The third-order valence-electron chi connectivity index (χ3n) is 4.46. The monoisotopic (exact) mass is 299 g/mol. The Bertz CT molecular complexity index is 269. The van der Waals surface area contributed by atoms with Crippen LogP contribution in [-0.2, 0) is 0 Å². The van der Waals surface area contributed by atoms with Crippen LogP contribution in [0.25, 0.3) is 0 Å². The van der Waals surface area contributed by atoms with Gasteiger partial charge >= 0.3 is 0 Å². The van der Waals surface area contributed by atoms with Gasteiger partial charge in [-0.1, -0.05) is 13.3 Å². The SMILES string of the molecule is CCN(CCCCC(C)(CO)NC1CC1)CCCN(C)C. The Labute approximate surface area is 131 Å². The molecule has 1 aliphatic rings. The summed E-state index contributed by atoms with van der Waals surface area (Å²) in [6.07, 6.45) is 7.32. The summed E-state index contributed by atoms with van der Waals surface area (Å²) >= 11 is 0. The molecule has 0 amide bonds. The van der Waals surface area contributed by atoms with Crippen LogP contribution in [0.15, 0.2) is 0 Å². The maximum Gasteiger partial charge on any atom is 0.0610 e. The summed E-state index contributed by atoms with van der Waals surface area (Å²) in [6.45, 7) is 9.38. The zero-order valence-electron chi connectivity index (χ0n) is 14.7. The van der Waals surface area contributed by atoms with Gasteiger partial charge in [-0.3, -0.25) is 0 Å². The van der Waals surface area contributed by atoms with Gasteiger partial charge in [-0.05, 0) is 79.3 Å². The van der Waals surface area contributed by atoms with Crippen molar-refractivity contribution in [2.24, 2.45) is 0 Å². The lowest BCUT2D eigenvalue weighted by Gasteiger charge is -2.29. The van der Waals surface area contributed by atoms with Gasteiger partial charge in [-0.25, -0.2) is 0 Å². The summed E-state index contributed by atoms with van der Waals surface area (Å²) in [4.78, 5) is 4.80. The summed E-state index contributed by atoms with van der Waals surface area (Å²) in [5.41, 5.74) is -0.0663. The molecule has 1 atom stereocenters. The van der Waals surface area contributed by atoms with Crippen molar-refractivity contribution in [2.75, 3.05) is 46.9 Å². The number of aliphatic hydroxyl groups excluding tert-OH is 1. The number of rotatable bonds is 13. The number of hydrogen-bond acceptors (Lipinski definition) is 4. The van der Waals surface area contributed by atoms with Crippen LogP contribution in [0.5, 0.6) is 0 Å². The second kappa shape index (κ2) is 9.78. The molecule has 1 fully saturated rings. The van der Waals surface area contributed by atoms with E-state index in [-0.39, 0.29) is 12.1 Å². The lowest BCUT2D eigenvalue weighted by atomic mass is 9.95. The van der Waals surface area contributed by atoms with Crippen LogP contribution in [-0.4, -0.2) is 73.4 Å². The van der Waals surface area contributed by atoms with Gasteiger partial charge in [0.25, 0.3) is 0 Å². The first-order valence-electron chi connectivity index (χ1n) is 8.74. The van der Waals surface area contributed by atoms with Crippen molar-refractivity contribution in [3.05, 3.63) is 0 Å². The highest BCUT2D eigenvalue weighted by Crippen LogP contribution is 2.24. The van der Waals surface area contributed by atoms with E-state index >= 15 is 0 Å². The molecule has 0 aromatic rings. The van der Waals surface area contributed by atoms with Crippen molar-refractivity contribution in [2.45, 2.75) is 64.0 Å². The fourth-order valence-electron chi connectivity index (χ4n) is 2.81. The second-order valence-corrected chi connectivity index (χ2v) is 7.19. The Balaban J connectivity index is 2.12. The number of hydrogen-bond donors (Lipinski definition) is 2. The third kappa shape index (κ3) is 8.77. The Morgan fingerprint density at radius 3 is 2.29 bits per heavy atom. The molecule has 0 radical (unpaired) electrons. The minimum Gasteiger partial charge on any atom is -0.394 e. The van der Waals surface area contributed by atoms with Crippen molar-refractivity contribution >= 4 is 0 Å². The van der Waals surface area contributed by atoms with Crippen LogP contribution in [0.2, 0.25) is 0 Å². The van der Waals surface area contributed by atoms with E-state index in [1.54, 1.807) is 0 Å². The van der Waals surface area contributed by atoms with Crippen molar-refractivity contribution < 1.29 is 5.11 Å². The van der Waals surface area contributed by atoms with E-state index in [1.165, 1.54) is 51.7 Å². The standard InChI is InChI=1S/C17H37N3O/c1-5-20(14-8-12-19(3)4)13-7-6-11-17(2,15-21)18-16-9-10-16/h16,18,21H,5-15H2,1-4H3. The maximum absolute atomic E-state index is 9.61. The molecule has 1 rings (SSSR count). The average Bonchev–Trinajstić information content (AvgIpc) is 3.25. The molecule has 0 spiro atoms. The first-order valence-corrected chi connectivity index (χ1v) is 8.74. The molecule has 0 aromatic heterocycles. The van der Waals surface area contributed by atoms with E-state index in [1.807, 2.05) is 0 Å². The normalized spacial score (nSPS) is 18.4. The quantitative estimate of drug-likeness (QED) is 0.510. The van der Waals surface area contributed by atoms with E-state index in [0.29, 0.717) is 6.04 Å². The van der Waals surface area contributed by atoms with Gasteiger partial charge in [0.05, 0.1) is 6.61 Å². The lowest BCUT2D eigenvalue weighted by molar-refractivity contribution is 0.158. The molecular formula is C17H37N3O. The summed E-state index contributed by atoms with van der Waals surface area (Å²) in [7, 11) is 4.28. The molecule has 0 bridgehead atoms. The highest BCUT2D eigenvalue weighted by molar-refractivity contribution is 4.92. The largest absolute Gasteiger partial charge is 0.394 e. The fraction of sp³-hybridized carbons (Fsp3) is 1.00. The number of nitrogens with one attached hydrogen (secondary N) is 1. The van der Waals surface area contributed by atoms with Gasteiger partial charge in [0, 0.05) is 11.6 Å². The predicted molar refractivity (Wildman–Crippen MR) is 90.8 cm³/mol. The van der Waals surface area contributed by atoms with Crippen LogP contribution in [0.1, 0.15) is 52.4 Å². The van der Waals surface area contributed by atoms with Gasteiger partial charge in [0.1, 0.15) is 0 Å². The molecule has 0 heterocycles. The molecule has 126 valence electrons. The molecule has 1 unspecified atom stereocenters. The zero-order valence-corrected chi connectivity index (χ0v) is 14.7. The van der Waals surface area contributed by atoms with Crippen molar-refractivity contribution in [3.8, 4) is 0 Å². The van der Waals surface area contributed by atoms with Crippen molar-refractivity contribution in [1.82, 2.24) is 15.1 Å². The first kappa shape index (κ1) is 18.9. The number of nitrogens with zero attached hydrogens (tertiary/aromatic N) is 2. The topological polar surface area (TPSA) is 38.7 Å². The molecule has 0 aromatic carbocycles. The molecule has 0 saturated heterocycles. The minimum absolute atomic E-state index is 0.0663. The maximum atomic E-state index is 9.61. The minimum atomic E-state index is -0.0663. The molecule has 21 heavy (non-hydrogen) atoms. The Kier molecular flexibility index (Phi) is 8.79. The van der Waals surface area contributed by atoms with Gasteiger partial charge < -0.3 is 20.2 Å².